The number of rotatable bonds is 4. The SMILES string of the molecule is CCN(CC)C(=O)N(C)C(=O)[C@H]1CC[C@H]2[C@@H]3CC=C4C=C(C(=O)OC)CC[C@]4(C)[C@H]3CC[C@]12C. The van der Waals surface area contributed by atoms with E-state index >= 15 is 0 Å². The average molecular weight is 471 g/mol. The predicted molar refractivity (Wildman–Crippen MR) is 132 cm³/mol. The Labute approximate surface area is 204 Å². The Balaban J connectivity index is 1.56. The Kier molecular flexibility index (Phi) is 6.73. The first kappa shape index (κ1) is 25.0. The standard InChI is InChI=1S/C28H42N2O4/c1-7-30(8-2)26(33)29(5)24(31)23-12-11-21-20-10-9-19-17-18(25(32)34-6)13-15-27(19,3)22(20)14-16-28(21,23)4/h9,17,20-23H,7-8,10-16H2,1-6H3/t20-,21-,22-,23+,27-,28-/m0/s1. The molecule has 0 bridgehead atoms. The van der Waals surface area contributed by atoms with E-state index in [1.165, 1.54) is 17.6 Å². The summed E-state index contributed by atoms with van der Waals surface area (Å²) in [4.78, 5) is 41.7. The third kappa shape index (κ3) is 3.72. The lowest BCUT2D eigenvalue weighted by atomic mass is 9.48. The van der Waals surface area contributed by atoms with E-state index < -0.39 is 0 Å². The highest BCUT2D eigenvalue weighted by Gasteiger charge is 2.60. The molecule has 0 aromatic carbocycles. The zero-order valence-corrected chi connectivity index (χ0v) is 21.9. The quantitative estimate of drug-likeness (QED) is 0.530. The van der Waals surface area contributed by atoms with Gasteiger partial charge < -0.3 is 9.64 Å². The van der Waals surface area contributed by atoms with E-state index in [1.54, 1.807) is 11.9 Å². The molecule has 0 heterocycles. The third-order valence-corrected chi connectivity index (χ3v) is 10.2. The fourth-order valence-electron chi connectivity index (χ4n) is 8.06. The molecule has 0 aromatic rings. The molecule has 0 spiro atoms. The van der Waals surface area contributed by atoms with E-state index in [4.69, 9.17) is 4.74 Å². The van der Waals surface area contributed by atoms with Crippen molar-refractivity contribution in [1.29, 1.82) is 0 Å². The summed E-state index contributed by atoms with van der Waals surface area (Å²) >= 11 is 0. The fourth-order valence-corrected chi connectivity index (χ4v) is 8.06. The number of methoxy groups -OCH3 is 1. The Morgan fingerprint density at radius 1 is 1.06 bits per heavy atom. The number of carbonyl (C=O) groups excluding carboxylic acids is 3. The van der Waals surface area contributed by atoms with Gasteiger partial charge in [-0.05, 0) is 99.0 Å². The van der Waals surface area contributed by atoms with E-state index in [1.807, 2.05) is 13.8 Å². The lowest BCUT2D eigenvalue weighted by Gasteiger charge is -2.57. The summed E-state index contributed by atoms with van der Waals surface area (Å²) in [6.07, 6.45) is 11.3. The van der Waals surface area contributed by atoms with Crippen LogP contribution in [0.15, 0.2) is 23.3 Å². The zero-order chi connectivity index (χ0) is 24.8. The molecular weight excluding hydrogens is 428 g/mol. The Hall–Kier alpha value is -2.11. The molecule has 0 aromatic heterocycles. The molecule has 6 nitrogen and oxygen atoms in total. The van der Waals surface area contributed by atoms with Crippen molar-refractivity contribution >= 4 is 17.9 Å². The number of amides is 3. The molecule has 188 valence electrons. The summed E-state index contributed by atoms with van der Waals surface area (Å²) in [5, 5.41) is 0. The van der Waals surface area contributed by atoms with Crippen LogP contribution in [0, 0.1) is 34.5 Å². The number of hydrogen-bond acceptors (Lipinski definition) is 4. The normalized spacial score (nSPS) is 36.3. The number of fused-ring (bicyclic) bond motifs is 5. The Morgan fingerprint density at radius 3 is 2.41 bits per heavy atom. The lowest BCUT2D eigenvalue weighted by Crippen LogP contribution is -2.52. The van der Waals surface area contributed by atoms with Crippen LogP contribution in [-0.4, -0.2) is 55.0 Å². The third-order valence-electron chi connectivity index (χ3n) is 10.2. The summed E-state index contributed by atoms with van der Waals surface area (Å²) in [5.74, 6) is 1.34. The van der Waals surface area contributed by atoms with Crippen LogP contribution in [0.4, 0.5) is 4.79 Å². The second-order valence-electron chi connectivity index (χ2n) is 11.4. The molecular formula is C28H42N2O4. The first-order valence-corrected chi connectivity index (χ1v) is 13.2. The van der Waals surface area contributed by atoms with Crippen LogP contribution in [0.5, 0.6) is 0 Å². The highest BCUT2D eigenvalue weighted by molar-refractivity contribution is 5.95. The summed E-state index contributed by atoms with van der Waals surface area (Å²) in [5.41, 5.74) is 2.12. The largest absolute Gasteiger partial charge is 0.466 e. The van der Waals surface area contributed by atoms with Gasteiger partial charge in [0.15, 0.2) is 0 Å². The monoisotopic (exact) mass is 470 g/mol. The zero-order valence-electron chi connectivity index (χ0n) is 21.9. The molecule has 0 unspecified atom stereocenters. The van der Waals surface area contributed by atoms with Gasteiger partial charge in [-0.1, -0.05) is 19.9 Å². The molecule has 4 aliphatic rings. The van der Waals surface area contributed by atoms with Gasteiger partial charge in [-0.3, -0.25) is 9.69 Å². The molecule has 4 aliphatic carbocycles. The van der Waals surface area contributed by atoms with E-state index in [0.29, 0.717) is 30.8 Å². The number of esters is 1. The summed E-state index contributed by atoms with van der Waals surface area (Å²) < 4.78 is 4.98. The topological polar surface area (TPSA) is 66.9 Å². The van der Waals surface area contributed by atoms with Gasteiger partial charge in [0.05, 0.1) is 7.11 Å². The molecule has 2 saturated carbocycles. The number of hydrogen-bond donors (Lipinski definition) is 0. The van der Waals surface area contributed by atoms with Crippen molar-refractivity contribution in [3.05, 3.63) is 23.3 Å². The maximum absolute atomic E-state index is 13.6. The highest BCUT2D eigenvalue weighted by Crippen LogP contribution is 2.66. The summed E-state index contributed by atoms with van der Waals surface area (Å²) in [7, 11) is 3.12. The van der Waals surface area contributed by atoms with Gasteiger partial charge in [-0.2, -0.15) is 0 Å². The van der Waals surface area contributed by atoms with Gasteiger partial charge in [0.1, 0.15) is 0 Å². The first-order chi connectivity index (χ1) is 16.1. The van der Waals surface area contributed by atoms with Gasteiger partial charge in [0.25, 0.3) is 0 Å². The molecule has 0 aliphatic heterocycles. The van der Waals surface area contributed by atoms with Crippen molar-refractivity contribution in [2.45, 2.75) is 72.6 Å². The maximum Gasteiger partial charge on any atom is 0.333 e. The van der Waals surface area contributed by atoms with Crippen molar-refractivity contribution < 1.29 is 19.1 Å². The molecule has 34 heavy (non-hydrogen) atoms. The van der Waals surface area contributed by atoms with Crippen molar-refractivity contribution in [3.8, 4) is 0 Å². The molecule has 3 amide bonds. The molecule has 0 saturated heterocycles. The minimum absolute atomic E-state index is 0.00178. The van der Waals surface area contributed by atoms with Crippen molar-refractivity contribution in [3.63, 3.8) is 0 Å². The lowest BCUT2D eigenvalue weighted by molar-refractivity contribution is -0.138. The Bertz CT molecular complexity index is 919. The number of urea groups is 1. The van der Waals surface area contributed by atoms with Gasteiger partial charge >= 0.3 is 12.0 Å². The predicted octanol–water partition coefficient (Wildman–Crippen LogP) is 5.19. The maximum atomic E-state index is 13.6. The first-order valence-electron chi connectivity index (χ1n) is 13.2. The second-order valence-corrected chi connectivity index (χ2v) is 11.4. The van der Waals surface area contributed by atoms with Crippen molar-refractivity contribution in [2.24, 2.45) is 34.5 Å². The van der Waals surface area contributed by atoms with Crippen LogP contribution in [0.3, 0.4) is 0 Å². The molecule has 4 rings (SSSR count). The summed E-state index contributed by atoms with van der Waals surface area (Å²) in [6, 6.07) is -0.177. The van der Waals surface area contributed by atoms with Gasteiger partial charge in [-0.25, -0.2) is 9.59 Å². The van der Waals surface area contributed by atoms with Crippen LogP contribution in [0.2, 0.25) is 0 Å². The van der Waals surface area contributed by atoms with Crippen LogP contribution in [0.1, 0.15) is 72.6 Å². The fraction of sp³-hybridized carbons (Fsp3) is 0.750. The van der Waals surface area contributed by atoms with Crippen molar-refractivity contribution in [2.75, 3.05) is 27.2 Å². The molecule has 0 radical (unpaired) electrons. The van der Waals surface area contributed by atoms with E-state index in [-0.39, 0.29) is 34.7 Å². The van der Waals surface area contributed by atoms with E-state index in [2.05, 4.69) is 26.0 Å². The number of imide groups is 1. The Morgan fingerprint density at radius 2 is 1.76 bits per heavy atom. The second kappa shape index (κ2) is 9.16. The molecule has 0 N–H and O–H groups in total. The smallest absolute Gasteiger partial charge is 0.333 e. The van der Waals surface area contributed by atoms with E-state index in [0.717, 1.165) is 50.5 Å². The minimum atomic E-state index is -0.207. The molecule has 6 heteroatoms. The van der Waals surface area contributed by atoms with Crippen LogP contribution < -0.4 is 0 Å². The average Bonchev–Trinajstić information content (AvgIpc) is 3.19. The minimum Gasteiger partial charge on any atom is -0.466 e. The summed E-state index contributed by atoms with van der Waals surface area (Å²) in [6.45, 7) is 9.83. The number of nitrogens with zero attached hydrogens (tertiary/aromatic N) is 2. The van der Waals surface area contributed by atoms with E-state index in [9.17, 15) is 14.4 Å². The number of carbonyl (C=O) groups is 3. The van der Waals surface area contributed by atoms with Gasteiger partial charge in [-0.15, -0.1) is 0 Å². The van der Waals surface area contributed by atoms with Gasteiger partial charge in [0.2, 0.25) is 5.91 Å². The van der Waals surface area contributed by atoms with Crippen LogP contribution >= 0.6 is 0 Å². The van der Waals surface area contributed by atoms with Gasteiger partial charge in [0, 0.05) is 31.6 Å². The number of ether oxygens (including phenoxy) is 1. The highest BCUT2D eigenvalue weighted by atomic mass is 16.5. The van der Waals surface area contributed by atoms with Crippen molar-refractivity contribution in [1.82, 2.24) is 9.80 Å². The number of allylic oxidation sites excluding steroid dienone is 3. The van der Waals surface area contributed by atoms with Crippen LogP contribution in [-0.2, 0) is 14.3 Å². The van der Waals surface area contributed by atoms with Crippen LogP contribution in [0.25, 0.3) is 0 Å². The molecule has 6 atom stereocenters. The molecule has 2 fully saturated rings.